The molecule has 7 nitrogen and oxygen atoms in total. The van der Waals surface area contributed by atoms with Gasteiger partial charge in [0.25, 0.3) is 0 Å². The highest BCUT2D eigenvalue weighted by molar-refractivity contribution is 5.99. The molecule has 1 saturated carbocycles. The van der Waals surface area contributed by atoms with Gasteiger partial charge >= 0.3 is 0 Å². The number of hydrogen-bond acceptors (Lipinski definition) is 6. The van der Waals surface area contributed by atoms with Crippen LogP contribution in [0.1, 0.15) is 29.7 Å². The normalized spacial score (nSPS) is 13.1. The van der Waals surface area contributed by atoms with Gasteiger partial charge in [0, 0.05) is 54.2 Å². The number of nitrogens with zero attached hydrogens (tertiary/aromatic N) is 2. The Balaban J connectivity index is 1.51. The Labute approximate surface area is 185 Å². The molecule has 0 atom stereocenters. The highest BCUT2D eigenvalue weighted by atomic mass is 16.5. The number of anilines is 2. The molecule has 0 spiro atoms. The molecule has 0 saturated heterocycles. The number of fused-ring (bicyclic) bond motifs is 2. The third-order valence-corrected chi connectivity index (χ3v) is 5.40. The molecule has 1 aliphatic rings. The fraction of sp³-hybridized carbons (Fsp3) is 0.240. The zero-order valence-corrected chi connectivity index (χ0v) is 17.9. The number of carbonyl (C=O) groups is 1. The Hall–Kier alpha value is -3.89. The summed E-state index contributed by atoms with van der Waals surface area (Å²) in [7, 11) is 3.45. The highest BCUT2D eigenvalue weighted by Crippen LogP contribution is 2.31. The van der Waals surface area contributed by atoms with Gasteiger partial charge in [-0.25, -0.2) is 9.97 Å². The molecule has 1 amide bonds. The van der Waals surface area contributed by atoms with Crippen LogP contribution >= 0.6 is 0 Å². The predicted molar refractivity (Wildman–Crippen MR) is 123 cm³/mol. The average Bonchev–Trinajstić information content (AvgIpc) is 3.58. The van der Waals surface area contributed by atoms with Crippen LogP contribution in [0.4, 0.5) is 11.6 Å². The van der Waals surface area contributed by atoms with Crippen LogP contribution in [0.3, 0.4) is 0 Å². The molecule has 0 radical (unpaired) electrons. The van der Waals surface area contributed by atoms with E-state index in [1.807, 2.05) is 37.4 Å². The minimum absolute atomic E-state index is 0.0219. The standard InChI is InChI=1S/C25H22N4O3/c1-26-24-21-13-27-23(29-25(30)16-6-7-16)11-20(21)17(12-28-24)5-3-15-4-8-22-18(9-15)10-19(32-22)14-31-2/h4,8-13,16H,6-7,14H2,1-2H3,(H,26,28)(H,27,29,30). The summed E-state index contributed by atoms with van der Waals surface area (Å²) in [6.45, 7) is 0.429. The second-order valence-corrected chi connectivity index (χ2v) is 7.80. The van der Waals surface area contributed by atoms with E-state index < -0.39 is 0 Å². The summed E-state index contributed by atoms with van der Waals surface area (Å²) in [6, 6.07) is 9.65. The van der Waals surface area contributed by atoms with Crippen LogP contribution in [0.15, 0.2) is 47.1 Å². The second kappa shape index (κ2) is 8.33. The number of rotatable bonds is 5. The van der Waals surface area contributed by atoms with Crippen molar-refractivity contribution in [3.63, 3.8) is 0 Å². The van der Waals surface area contributed by atoms with Gasteiger partial charge in [-0.15, -0.1) is 0 Å². The monoisotopic (exact) mass is 426 g/mol. The van der Waals surface area contributed by atoms with E-state index in [9.17, 15) is 4.79 Å². The van der Waals surface area contributed by atoms with Crippen LogP contribution in [0.2, 0.25) is 0 Å². The molecule has 7 heteroatoms. The number of amides is 1. The van der Waals surface area contributed by atoms with Crippen molar-refractivity contribution in [1.29, 1.82) is 0 Å². The van der Waals surface area contributed by atoms with Crippen molar-refractivity contribution in [1.82, 2.24) is 9.97 Å². The van der Waals surface area contributed by atoms with E-state index in [0.717, 1.165) is 51.5 Å². The van der Waals surface area contributed by atoms with Gasteiger partial charge in [-0.1, -0.05) is 11.8 Å². The molecule has 0 bridgehead atoms. The third kappa shape index (κ3) is 4.01. The number of pyridine rings is 2. The first kappa shape index (κ1) is 20.0. The minimum Gasteiger partial charge on any atom is -0.459 e. The van der Waals surface area contributed by atoms with E-state index in [1.54, 1.807) is 19.5 Å². The largest absolute Gasteiger partial charge is 0.459 e. The van der Waals surface area contributed by atoms with Crippen molar-refractivity contribution in [2.75, 3.05) is 24.8 Å². The van der Waals surface area contributed by atoms with E-state index in [-0.39, 0.29) is 11.8 Å². The lowest BCUT2D eigenvalue weighted by Gasteiger charge is -2.09. The zero-order valence-electron chi connectivity index (χ0n) is 17.9. The van der Waals surface area contributed by atoms with E-state index in [2.05, 4.69) is 32.4 Å². The van der Waals surface area contributed by atoms with E-state index >= 15 is 0 Å². The molecule has 3 heterocycles. The maximum Gasteiger partial charge on any atom is 0.228 e. The van der Waals surface area contributed by atoms with E-state index in [4.69, 9.17) is 9.15 Å². The average molecular weight is 426 g/mol. The van der Waals surface area contributed by atoms with E-state index in [0.29, 0.717) is 18.2 Å². The van der Waals surface area contributed by atoms with Gasteiger partial charge in [-0.05, 0) is 43.2 Å². The minimum atomic E-state index is 0.0219. The molecular weight excluding hydrogens is 404 g/mol. The van der Waals surface area contributed by atoms with Crippen molar-refractivity contribution in [2.24, 2.45) is 5.92 Å². The zero-order chi connectivity index (χ0) is 22.1. The van der Waals surface area contributed by atoms with Gasteiger partial charge in [-0.3, -0.25) is 4.79 Å². The topological polar surface area (TPSA) is 89.3 Å². The van der Waals surface area contributed by atoms with Crippen molar-refractivity contribution < 1.29 is 13.9 Å². The molecular formula is C25H22N4O3. The van der Waals surface area contributed by atoms with Crippen LogP contribution in [0.5, 0.6) is 0 Å². The molecule has 3 aromatic heterocycles. The summed E-state index contributed by atoms with van der Waals surface area (Å²) >= 11 is 0. The van der Waals surface area contributed by atoms with Gasteiger partial charge in [-0.2, -0.15) is 0 Å². The van der Waals surface area contributed by atoms with Crippen molar-refractivity contribution in [2.45, 2.75) is 19.4 Å². The highest BCUT2D eigenvalue weighted by Gasteiger charge is 2.29. The SMILES string of the molecule is CNc1ncc(C#Cc2ccc3oc(COC)cc3c2)c2cc(NC(=O)C3CC3)ncc12. The molecule has 1 fully saturated rings. The van der Waals surface area contributed by atoms with Gasteiger partial charge in [0.1, 0.15) is 29.6 Å². The van der Waals surface area contributed by atoms with Crippen LogP contribution in [0.25, 0.3) is 21.7 Å². The quantitative estimate of drug-likeness (QED) is 0.462. The summed E-state index contributed by atoms with van der Waals surface area (Å²) in [6.07, 6.45) is 5.34. The Kier molecular flexibility index (Phi) is 5.21. The first-order valence-electron chi connectivity index (χ1n) is 10.5. The number of nitrogens with one attached hydrogen (secondary N) is 2. The van der Waals surface area contributed by atoms with Crippen LogP contribution in [-0.2, 0) is 16.1 Å². The Morgan fingerprint density at radius 3 is 2.81 bits per heavy atom. The first-order valence-corrected chi connectivity index (χ1v) is 10.5. The van der Waals surface area contributed by atoms with Gasteiger partial charge in [0.15, 0.2) is 0 Å². The maximum atomic E-state index is 12.2. The van der Waals surface area contributed by atoms with Gasteiger partial charge in [0.05, 0.1) is 5.56 Å². The molecule has 5 rings (SSSR count). The Bertz CT molecular complexity index is 1390. The smallest absolute Gasteiger partial charge is 0.228 e. The number of methoxy groups -OCH3 is 1. The number of ether oxygens (including phenoxy) is 1. The maximum absolute atomic E-state index is 12.2. The van der Waals surface area contributed by atoms with Crippen molar-refractivity contribution >= 4 is 39.3 Å². The van der Waals surface area contributed by atoms with Crippen LogP contribution < -0.4 is 10.6 Å². The summed E-state index contributed by atoms with van der Waals surface area (Å²) in [5.74, 6) is 8.60. The molecule has 32 heavy (non-hydrogen) atoms. The molecule has 160 valence electrons. The molecule has 4 aromatic rings. The lowest BCUT2D eigenvalue weighted by atomic mass is 10.1. The first-order chi connectivity index (χ1) is 15.6. The summed E-state index contributed by atoms with van der Waals surface area (Å²) in [5, 5.41) is 8.70. The van der Waals surface area contributed by atoms with Crippen LogP contribution in [0, 0.1) is 17.8 Å². The molecule has 2 N–H and O–H groups in total. The van der Waals surface area contributed by atoms with Crippen molar-refractivity contribution in [3.05, 3.63) is 59.6 Å². The fourth-order valence-corrected chi connectivity index (χ4v) is 3.61. The van der Waals surface area contributed by atoms with Crippen LogP contribution in [-0.4, -0.2) is 30.0 Å². The number of aromatic nitrogens is 2. The molecule has 1 aliphatic carbocycles. The van der Waals surface area contributed by atoms with Crippen molar-refractivity contribution in [3.8, 4) is 11.8 Å². The number of furan rings is 1. The molecule has 0 aliphatic heterocycles. The predicted octanol–water partition coefficient (Wildman–Crippen LogP) is 4.31. The van der Waals surface area contributed by atoms with Gasteiger partial charge < -0.3 is 19.8 Å². The summed E-state index contributed by atoms with van der Waals surface area (Å²) in [5.41, 5.74) is 2.43. The lowest BCUT2D eigenvalue weighted by Crippen LogP contribution is -2.14. The van der Waals surface area contributed by atoms with Gasteiger partial charge in [0.2, 0.25) is 5.91 Å². The fourth-order valence-electron chi connectivity index (χ4n) is 3.61. The summed E-state index contributed by atoms with van der Waals surface area (Å²) in [4.78, 5) is 21.0. The second-order valence-electron chi connectivity index (χ2n) is 7.80. The number of hydrogen-bond donors (Lipinski definition) is 2. The Morgan fingerprint density at radius 2 is 2.03 bits per heavy atom. The van der Waals surface area contributed by atoms with E-state index in [1.165, 1.54) is 0 Å². The lowest BCUT2D eigenvalue weighted by molar-refractivity contribution is -0.117. The third-order valence-electron chi connectivity index (χ3n) is 5.40. The summed E-state index contributed by atoms with van der Waals surface area (Å²) < 4.78 is 10.9. The number of carbonyl (C=O) groups excluding carboxylic acids is 1. The number of benzene rings is 1. The Morgan fingerprint density at radius 1 is 1.16 bits per heavy atom. The molecule has 0 unspecified atom stereocenters. The molecule has 1 aromatic carbocycles.